The van der Waals surface area contributed by atoms with E-state index < -0.39 is 9.84 Å². The van der Waals surface area contributed by atoms with E-state index in [1.165, 1.54) is 4.90 Å². The molecule has 6 heteroatoms. The maximum Gasteiger partial charge on any atom is 0.150 e. The Balaban J connectivity index is 1.91. The number of thioether (sulfide) groups is 1. The average Bonchev–Trinajstić information content (AvgIpc) is 2.51. The molecule has 0 fully saturated rings. The van der Waals surface area contributed by atoms with E-state index >= 15 is 0 Å². The lowest BCUT2D eigenvalue weighted by molar-refractivity contribution is 0.164. The Morgan fingerprint density at radius 3 is 2.90 bits per heavy atom. The van der Waals surface area contributed by atoms with Crippen molar-refractivity contribution in [3.8, 4) is 5.75 Å². The Bertz CT molecular complexity index is 560. The van der Waals surface area contributed by atoms with Crippen molar-refractivity contribution in [2.24, 2.45) is 0 Å². The van der Waals surface area contributed by atoms with Crippen molar-refractivity contribution < 1.29 is 13.2 Å². The van der Waals surface area contributed by atoms with Gasteiger partial charge in [0.2, 0.25) is 0 Å². The molecule has 0 saturated heterocycles. The van der Waals surface area contributed by atoms with E-state index in [0.717, 1.165) is 17.9 Å². The summed E-state index contributed by atoms with van der Waals surface area (Å²) >= 11 is 1.80. The number of para-hydroxylation sites is 1. The van der Waals surface area contributed by atoms with Gasteiger partial charge in [-0.25, -0.2) is 8.42 Å². The monoisotopic (exact) mass is 329 g/mol. The number of likely N-dealkylation sites (N-methyl/N-ethyl adjacent to an activating group) is 1. The van der Waals surface area contributed by atoms with Crippen LogP contribution >= 0.6 is 11.8 Å². The summed E-state index contributed by atoms with van der Waals surface area (Å²) in [5.41, 5.74) is 0. The summed E-state index contributed by atoms with van der Waals surface area (Å²) in [6.45, 7) is 1.70. The summed E-state index contributed by atoms with van der Waals surface area (Å²) in [6.07, 6.45) is 1.57. The molecular weight excluding hydrogens is 306 g/mol. The van der Waals surface area contributed by atoms with Crippen molar-refractivity contribution in [1.82, 2.24) is 5.32 Å². The molecule has 0 aromatic heterocycles. The standard InChI is InChI=1S/C15H23NO3S2/c1-3-21(17,18)10-6-7-12(16-2)14-11-20-15-9-5-4-8-13(15)19-14/h4-5,8-9,12,14,16H,3,6-7,10-11H2,1-2H3. The van der Waals surface area contributed by atoms with Crippen molar-refractivity contribution in [2.75, 3.05) is 24.3 Å². The van der Waals surface area contributed by atoms with Gasteiger partial charge in [-0.1, -0.05) is 19.1 Å². The molecule has 0 radical (unpaired) electrons. The highest BCUT2D eigenvalue weighted by Crippen LogP contribution is 2.36. The number of benzene rings is 1. The van der Waals surface area contributed by atoms with Gasteiger partial charge in [-0.2, -0.15) is 0 Å². The number of ether oxygens (including phenoxy) is 1. The minimum Gasteiger partial charge on any atom is -0.487 e. The Kier molecular flexibility index (Phi) is 5.96. The number of hydrogen-bond acceptors (Lipinski definition) is 5. The van der Waals surface area contributed by atoms with Gasteiger partial charge in [0.15, 0.2) is 0 Å². The molecule has 0 aliphatic carbocycles. The van der Waals surface area contributed by atoms with Crippen LogP contribution in [0.3, 0.4) is 0 Å². The van der Waals surface area contributed by atoms with Gasteiger partial charge >= 0.3 is 0 Å². The Hall–Kier alpha value is -0.720. The molecule has 1 aliphatic heterocycles. The lowest BCUT2D eigenvalue weighted by atomic mass is 10.1. The largest absolute Gasteiger partial charge is 0.487 e. The zero-order valence-corrected chi connectivity index (χ0v) is 14.2. The molecule has 1 heterocycles. The van der Waals surface area contributed by atoms with E-state index in [1.807, 2.05) is 25.2 Å². The molecule has 0 amide bonds. The molecule has 118 valence electrons. The molecule has 1 aliphatic rings. The number of hydrogen-bond donors (Lipinski definition) is 1. The summed E-state index contributed by atoms with van der Waals surface area (Å²) in [4.78, 5) is 1.18. The van der Waals surface area contributed by atoms with E-state index in [9.17, 15) is 8.42 Å². The summed E-state index contributed by atoms with van der Waals surface area (Å²) in [7, 11) is -0.966. The van der Waals surface area contributed by atoms with Crippen molar-refractivity contribution in [3.05, 3.63) is 24.3 Å². The fourth-order valence-electron chi connectivity index (χ4n) is 2.42. The number of rotatable bonds is 7. The molecular formula is C15H23NO3S2. The van der Waals surface area contributed by atoms with E-state index in [4.69, 9.17) is 4.74 Å². The van der Waals surface area contributed by atoms with Crippen LogP contribution in [0.2, 0.25) is 0 Å². The summed E-state index contributed by atoms with van der Waals surface area (Å²) in [5.74, 6) is 2.31. The first-order valence-corrected chi connectivity index (χ1v) is 10.1. The predicted molar refractivity (Wildman–Crippen MR) is 88.0 cm³/mol. The fraction of sp³-hybridized carbons (Fsp3) is 0.600. The molecule has 0 spiro atoms. The third-order valence-electron chi connectivity index (χ3n) is 3.76. The van der Waals surface area contributed by atoms with Crippen LogP contribution in [0.1, 0.15) is 19.8 Å². The summed E-state index contributed by atoms with van der Waals surface area (Å²) in [5, 5.41) is 3.27. The maximum atomic E-state index is 11.6. The highest BCUT2D eigenvalue weighted by molar-refractivity contribution is 7.99. The van der Waals surface area contributed by atoms with Crippen LogP contribution in [0, 0.1) is 0 Å². The van der Waals surface area contributed by atoms with Gasteiger partial charge in [-0.3, -0.25) is 0 Å². The first-order chi connectivity index (χ1) is 10.1. The number of fused-ring (bicyclic) bond motifs is 1. The van der Waals surface area contributed by atoms with Gasteiger partial charge < -0.3 is 10.1 Å². The van der Waals surface area contributed by atoms with Crippen LogP contribution in [0.25, 0.3) is 0 Å². The van der Waals surface area contributed by atoms with Crippen molar-refractivity contribution >= 4 is 21.6 Å². The van der Waals surface area contributed by atoms with E-state index in [1.54, 1.807) is 18.7 Å². The van der Waals surface area contributed by atoms with Crippen LogP contribution in [0.15, 0.2) is 29.2 Å². The predicted octanol–water partition coefficient (Wildman–Crippen LogP) is 2.34. The second kappa shape index (κ2) is 7.51. The minimum atomic E-state index is -2.88. The lowest BCUT2D eigenvalue weighted by Crippen LogP contribution is -2.44. The Morgan fingerprint density at radius 2 is 2.19 bits per heavy atom. The Labute approximate surface area is 131 Å². The van der Waals surface area contributed by atoms with Crippen LogP contribution in [0.4, 0.5) is 0 Å². The topological polar surface area (TPSA) is 55.4 Å². The quantitative estimate of drug-likeness (QED) is 0.832. The van der Waals surface area contributed by atoms with Crippen molar-refractivity contribution in [1.29, 1.82) is 0 Å². The van der Waals surface area contributed by atoms with Gasteiger partial charge in [0, 0.05) is 22.4 Å². The molecule has 1 N–H and O–H groups in total. The van der Waals surface area contributed by atoms with Gasteiger partial charge in [0.25, 0.3) is 0 Å². The average molecular weight is 329 g/mol. The summed E-state index contributed by atoms with van der Waals surface area (Å²) in [6, 6.07) is 8.23. The van der Waals surface area contributed by atoms with Crippen LogP contribution < -0.4 is 10.1 Å². The SMILES string of the molecule is CCS(=O)(=O)CCCC(NC)C1CSc2ccccc2O1. The fourth-order valence-corrected chi connectivity index (χ4v) is 4.39. The second-order valence-electron chi connectivity index (χ2n) is 5.19. The number of sulfone groups is 1. The Morgan fingerprint density at radius 1 is 1.43 bits per heavy atom. The zero-order valence-electron chi connectivity index (χ0n) is 12.5. The molecule has 1 aromatic rings. The van der Waals surface area contributed by atoms with Gasteiger partial charge in [-0.05, 0) is 32.0 Å². The van der Waals surface area contributed by atoms with Crippen LogP contribution in [-0.4, -0.2) is 44.9 Å². The molecule has 0 bridgehead atoms. The minimum absolute atomic E-state index is 0.0826. The second-order valence-corrected chi connectivity index (χ2v) is 8.72. The first-order valence-electron chi connectivity index (χ1n) is 7.32. The van der Waals surface area contributed by atoms with Gasteiger partial charge in [0.05, 0.1) is 5.75 Å². The molecule has 21 heavy (non-hydrogen) atoms. The van der Waals surface area contributed by atoms with E-state index in [2.05, 4.69) is 11.4 Å². The molecule has 1 aromatic carbocycles. The smallest absolute Gasteiger partial charge is 0.150 e. The lowest BCUT2D eigenvalue weighted by Gasteiger charge is -2.31. The third-order valence-corrected chi connectivity index (χ3v) is 6.69. The molecule has 2 unspecified atom stereocenters. The third kappa shape index (κ3) is 4.63. The van der Waals surface area contributed by atoms with Crippen LogP contribution in [-0.2, 0) is 9.84 Å². The van der Waals surface area contributed by atoms with E-state index in [-0.39, 0.29) is 23.7 Å². The summed E-state index contributed by atoms with van der Waals surface area (Å²) < 4.78 is 29.2. The zero-order chi connectivity index (χ0) is 15.3. The maximum absolute atomic E-state index is 11.6. The molecule has 2 atom stereocenters. The molecule has 4 nitrogen and oxygen atoms in total. The highest BCUT2D eigenvalue weighted by atomic mass is 32.2. The van der Waals surface area contributed by atoms with E-state index in [0.29, 0.717) is 6.42 Å². The van der Waals surface area contributed by atoms with Gasteiger partial charge in [-0.15, -0.1) is 11.8 Å². The normalized spacial score (nSPS) is 19.6. The molecule has 0 saturated carbocycles. The van der Waals surface area contributed by atoms with Gasteiger partial charge in [0.1, 0.15) is 21.7 Å². The first kappa shape index (κ1) is 16.6. The van der Waals surface area contributed by atoms with Crippen molar-refractivity contribution in [2.45, 2.75) is 36.8 Å². The molecule has 2 rings (SSSR count). The highest BCUT2D eigenvalue weighted by Gasteiger charge is 2.27. The number of nitrogens with one attached hydrogen (secondary N) is 1. The van der Waals surface area contributed by atoms with Crippen LogP contribution in [0.5, 0.6) is 5.75 Å². The van der Waals surface area contributed by atoms with Crippen molar-refractivity contribution in [3.63, 3.8) is 0 Å².